The minimum Gasteiger partial charge on any atom is -0.405 e. The van der Waals surface area contributed by atoms with Gasteiger partial charge >= 0.3 is 6.36 Å². The van der Waals surface area contributed by atoms with Gasteiger partial charge in [0.25, 0.3) is 0 Å². The van der Waals surface area contributed by atoms with Gasteiger partial charge in [-0.1, -0.05) is 6.07 Å². The van der Waals surface area contributed by atoms with Crippen molar-refractivity contribution in [3.63, 3.8) is 0 Å². The molecule has 1 aromatic rings. The van der Waals surface area contributed by atoms with Crippen molar-refractivity contribution in [2.45, 2.75) is 18.9 Å². The van der Waals surface area contributed by atoms with E-state index in [0.29, 0.717) is 25.8 Å². The Morgan fingerprint density at radius 3 is 2.61 bits per heavy atom. The van der Waals surface area contributed by atoms with Crippen LogP contribution in [0.15, 0.2) is 22.7 Å². The van der Waals surface area contributed by atoms with Gasteiger partial charge in [-0.2, -0.15) is 0 Å². The summed E-state index contributed by atoms with van der Waals surface area (Å²) in [6, 6.07) is 4.83. The molecule has 1 N–H and O–H groups in total. The second-order valence-electron chi connectivity index (χ2n) is 3.93. The zero-order valence-corrected chi connectivity index (χ0v) is 10.8. The Morgan fingerprint density at radius 2 is 2.11 bits per heavy atom. The maximum Gasteiger partial charge on any atom is 0.573 e. The normalized spacial score (nSPS) is 16.4. The summed E-state index contributed by atoms with van der Waals surface area (Å²) in [4.78, 5) is 0. The fourth-order valence-electron chi connectivity index (χ4n) is 1.48. The van der Waals surface area contributed by atoms with Gasteiger partial charge in [0.1, 0.15) is 5.75 Å². The van der Waals surface area contributed by atoms with Crippen LogP contribution >= 0.6 is 15.9 Å². The summed E-state index contributed by atoms with van der Waals surface area (Å²) < 4.78 is 45.3. The topological polar surface area (TPSA) is 30.5 Å². The molecule has 0 atom stereocenters. The summed E-state index contributed by atoms with van der Waals surface area (Å²) in [6.45, 7) is 1.94. The fourth-order valence-corrected chi connectivity index (χ4v) is 1.98. The van der Waals surface area contributed by atoms with Crippen LogP contribution in [0.3, 0.4) is 0 Å². The van der Waals surface area contributed by atoms with E-state index in [1.54, 1.807) is 12.1 Å². The van der Waals surface area contributed by atoms with E-state index in [4.69, 9.17) is 4.74 Å². The zero-order chi connectivity index (χ0) is 13.2. The first kappa shape index (κ1) is 13.6. The van der Waals surface area contributed by atoms with Crippen LogP contribution in [-0.2, 0) is 11.3 Å². The smallest absolute Gasteiger partial charge is 0.405 e. The maximum atomic E-state index is 12.1. The van der Waals surface area contributed by atoms with E-state index >= 15 is 0 Å². The number of hydrogen-bond donors (Lipinski definition) is 1. The van der Waals surface area contributed by atoms with E-state index in [2.05, 4.69) is 26.0 Å². The molecular weight excluding hydrogens is 315 g/mol. The highest BCUT2D eigenvalue weighted by atomic mass is 79.9. The third kappa shape index (κ3) is 3.86. The molecule has 0 aromatic heterocycles. The Labute approximate surface area is 110 Å². The largest absolute Gasteiger partial charge is 0.573 e. The van der Waals surface area contributed by atoms with E-state index in [1.807, 2.05) is 0 Å². The number of nitrogens with one attached hydrogen (secondary N) is 1. The first-order valence-electron chi connectivity index (χ1n) is 5.29. The first-order chi connectivity index (χ1) is 8.44. The number of benzene rings is 1. The highest BCUT2D eigenvalue weighted by Crippen LogP contribution is 2.31. The summed E-state index contributed by atoms with van der Waals surface area (Å²) in [6.07, 6.45) is -4.68. The molecule has 0 saturated carbocycles. The highest BCUT2D eigenvalue weighted by Gasteiger charge is 2.31. The SMILES string of the molecule is FC(F)(F)Oc1ccc(CNC2COC2)cc1Br. The molecule has 1 aromatic carbocycles. The Morgan fingerprint density at radius 1 is 1.39 bits per heavy atom. The number of ether oxygens (including phenoxy) is 2. The zero-order valence-electron chi connectivity index (χ0n) is 9.26. The number of hydrogen-bond acceptors (Lipinski definition) is 3. The summed E-state index contributed by atoms with van der Waals surface area (Å²) in [7, 11) is 0. The van der Waals surface area contributed by atoms with E-state index in [1.165, 1.54) is 6.07 Å². The predicted molar refractivity (Wildman–Crippen MR) is 62.3 cm³/mol. The average Bonchev–Trinajstić information content (AvgIpc) is 2.18. The first-order valence-corrected chi connectivity index (χ1v) is 6.08. The Balaban J connectivity index is 1.95. The van der Waals surface area contributed by atoms with Crippen molar-refractivity contribution in [2.24, 2.45) is 0 Å². The molecule has 3 nitrogen and oxygen atoms in total. The number of halogens is 4. The van der Waals surface area contributed by atoms with Crippen LogP contribution in [-0.4, -0.2) is 25.6 Å². The van der Waals surface area contributed by atoms with Crippen LogP contribution in [0, 0.1) is 0 Å². The van der Waals surface area contributed by atoms with Crippen LogP contribution in [0.5, 0.6) is 5.75 Å². The quantitative estimate of drug-likeness (QED) is 0.923. The monoisotopic (exact) mass is 325 g/mol. The van der Waals surface area contributed by atoms with Crippen molar-refractivity contribution in [1.29, 1.82) is 0 Å². The third-order valence-corrected chi connectivity index (χ3v) is 3.07. The van der Waals surface area contributed by atoms with Gasteiger partial charge in [-0.05, 0) is 33.6 Å². The fraction of sp³-hybridized carbons (Fsp3) is 0.455. The third-order valence-electron chi connectivity index (χ3n) is 2.45. The van der Waals surface area contributed by atoms with Crippen molar-refractivity contribution >= 4 is 15.9 Å². The lowest BCUT2D eigenvalue weighted by Crippen LogP contribution is -2.45. The van der Waals surface area contributed by atoms with Gasteiger partial charge in [-0.25, -0.2) is 0 Å². The molecule has 0 amide bonds. The highest BCUT2D eigenvalue weighted by molar-refractivity contribution is 9.10. The van der Waals surface area contributed by atoms with Crippen molar-refractivity contribution in [2.75, 3.05) is 13.2 Å². The molecule has 1 aliphatic rings. The summed E-state index contributed by atoms with van der Waals surface area (Å²) >= 11 is 3.06. The van der Waals surface area contributed by atoms with Crippen LogP contribution in [0.25, 0.3) is 0 Å². The molecule has 0 spiro atoms. The Hall–Kier alpha value is -0.790. The summed E-state index contributed by atoms with van der Waals surface area (Å²) in [5.41, 5.74) is 0.878. The molecule has 0 unspecified atom stereocenters. The molecule has 7 heteroatoms. The van der Waals surface area contributed by atoms with Gasteiger partial charge in [0.2, 0.25) is 0 Å². The van der Waals surface area contributed by atoms with Gasteiger partial charge in [-0.15, -0.1) is 13.2 Å². The van der Waals surface area contributed by atoms with Gasteiger partial charge in [-0.3, -0.25) is 0 Å². The van der Waals surface area contributed by atoms with Crippen molar-refractivity contribution in [3.8, 4) is 5.75 Å². The number of rotatable bonds is 4. The van der Waals surface area contributed by atoms with Crippen molar-refractivity contribution < 1.29 is 22.6 Å². The lowest BCUT2D eigenvalue weighted by Gasteiger charge is -2.27. The minimum atomic E-state index is -4.68. The number of alkyl halides is 3. The molecule has 2 rings (SSSR count). The van der Waals surface area contributed by atoms with E-state index in [0.717, 1.165) is 5.56 Å². The van der Waals surface area contributed by atoms with E-state index in [-0.39, 0.29) is 10.2 Å². The molecule has 100 valence electrons. The molecule has 1 heterocycles. The lowest BCUT2D eigenvalue weighted by molar-refractivity contribution is -0.274. The second-order valence-corrected chi connectivity index (χ2v) is 4.78. The molecule has 1 aliphatic heterocycles. The Kier molecular flexibility index (Phi) is 4.14. The maximum absolute atomic E-state index is 12.1. The standard InChI is InChI=1S/C11H11BrF3NO2/c12-9-3-7(4-16-8-5-17-6-8)1-2-10(9)18-11(13,14)15/h1-3,8,16H,4-6H2. The van der Waals surface area contributed by atoms with Gasteiger partial charge in [0, 0.05) is 6.54 Å². The van der Waals surface area contributed by atoms with Gasteiger partial charge < -0.3 is 14.8 Å². The van der Waals surface area contributed by atoms with Crippen LogP contribution in [0.4, 0.5) is 13.2 Å². The molecule has 1 saturated heterocycles. The molecular formula is C11H11BrF3NO2. The predicted octanol–water partition coefficient (Wildman–Crippen LogP) is 2.84. The van der Waals surface area contributed by atoms with Crippen LogP contribution in [0.2, 0.25) is 0 Å². The van der Waals surface area contributed by atoms with E-state index in [9.17, 15) is 13.2 Å². The minimum absolute atomic E-state index is 0.238. The van der Waals surface area contributed by atoms with Crippen LogP contribution in [0.1, 0.15) is 5.56 Å². The van der Waals surface area contributed by atoms with Gasteiger partial charge in [0.05, 0.1) is 23.7 Å². The molecule has 1 fully saturated rings. The van der Waals surface area contributed by atoms with E-state index < -0.39 is 6.36 Å². The Bertz CT molecular complexity index is 421. The van der Waals surface area contributed by atoms with Crippen LogP contribution < -0.4 is 10.1 Å². The summed E-state index contributed by atoms with van der Waals surface area (Å²) in [5.74, 6) is -0.238. The van der Waals surface area contributed by atoms with Gasteiger partial charge in [0.15, 0.2) is 0 Å². The second kappa shape index (κ2) is 5.46. The summed E-state index contributed by atoms with van der Waals surface area (Å²) in [5, 5.41) is 3.22. The lowest BCUT2D eigenvalue weighted by atomic mass is 10.2. The molecule has 0 bridgehead atoms. The van der Waals surface area contributed by atoms with Crippen molar-refractivity contribution in [1.82, 2.24) is 5.32 Å². The molecule has 0 radical (unpaired) electrons. The molecule has 0 aliphatic carbocycles. The average molecular weight is 326 g/mol. The van der Waals surface area contributed by atoms with Crippen molar-refractivity contribution in [3.05, 3.63) is 28.2 Å². The molecule has 18 heavy (non-hydrogen) atoms.